The van der Waals surface area contributed by atoms with E-state index in [2.05, 4.69) is 0 Å². The van der Waals surface area contributed by atoms with Gasteiger partial charge in [0.05, 0.1) is 0 Å². The number of hydrogen-bond donors (Lipinski definition) is 0. The molecule has 54 valence electrons. The van der Waals surface area contributed by atoms with Crippen LogP contribution in [0.1, 0.15) is 15.9 Å². The van der Waals surface area contributed by atoms with Crippen molar-refractivity contribution >= 4 is 17.6 Å². The Hall–Kier alpha value is -0.700. The summed E-state index contributed by atoms with van der Waals surface area (Å²) in [5.41, 5.74) is 0. The maximum absolute atomic E-state index is 12.5. The third kappa shape index (κ3) is 1.42. The van der Waals surface area contributed by atoms with Crippen LogP contribution in [0.5, 0.6) is 0 Å². The first-order chi connectivity index (χ1) is 4.74. The third-order valence-corrected chi connectivity index (χ3v) is 2.21. The fourth-order valence-corrected chi connectivity index (χ4v) is 1.48. The zero-order valence-corrected chi connectivity index (χ0v) is 6.32. The molecule has 0 aliphatic heterocycles. The van der Waals surface area contributed by atoms with Gasteiger partial charge in [0.2, 0.25) is 0 Å². The van der Waals surface area contributed by atoms with Gasteiger partial charge in [0, 0.05) is 9.75 Å². The van der Waals surface area contributed by atoms with Crippen LogP contribution in [0.3, 0.4) is 0 Å². The van der Waals surface area contributed by atoms with Crippen LogP contribution in [0, 0.1) is 6.92 Å². The summed E-state index contributed by atoms with van der Waals surface area (Å²) in [5, 5.41) is 0. The quantitative estimate of drug-likeness (QED) is 0.603. The van der Waals surface area contributed by atoms with Gasteiger partial charge in [0.15, 0.2) is 12.5 Å². The Labute approximate surface area is 62.5 Å². The number of carbonyl (C=O) groups excluding carboxylic acids is 1. The van der Waals surface area contributed by atoms with Crippen LogP contribution in [0.4, 0.5) is 4.39 Å². The number of hydrogen-bond acceptors (Lipinski definition) is 2. The first kappa shape index (κ1) is 7.41. The summed E-state index contributed by atoms with van der Waals surface area (Å²) in [6.07, 6.45) is -1.12. The molecule has 1 aromatic heterocycles. The highest BCUT2D eigenvalue weighted by Crippen LogP contribution is 2.23. The van der Waals surface area contributed by atoms with Crippen LogP contribution in [0.2, 0.25) is 0 Å². The summed E-state index contributed by atoms with van der Waals surface area (Å²) in [5.74, 6) is 0. The van der Waals surface area contributed by atoms with Crippen LogP contribution < -0.4 is 0 Å². The van der Waals surface area contributed by atoms with Crippen molar-refractivity contribution in [3.8, 4) is 0 Å². The van der Waals surface area contributed by atoms with E-state index < -0.39 is 6.17 Å². The van der Waals surface area contributed by atoms with Crippen LogP contribution in [0.25, 0.3) is 0 Å². The molecule has 0 aromatic carbocycles. The summed E-state index contributed by atoms with van der Waals surface area (Å²) >= 11 is 1.31. The second-order valence-electron chi connectivity index (χ2n) is 1.99. The third-order valence-electron chi connectivity index (χ3n) is 1.15. The van der Waals surface area contributed by atoms with E-state index in [4.69, 9.17) is 0 Å². The standard InChI is InChI=1S/C7H7FOS/c1-5-2-3-7(10-5)6(8)4-9/h2-4,6H,1H3. The van der Waals surface area contributed by atoms with Gasteiger partial charge in [-0.25, -0.2) is 4.39 Å². The largest absolute Gasteiger partial charge is 0.300 e. The zero-order chi connectivity index (χ0) is 7.56. The van der Waals surface area contributed by atoms with Crippen molar-refractivity contribution in [2.75, 3.05) is 0 Å². The van der Waals surface area contributed by atoms with E-state index in [1.807, 2.05) is 6.92 Å². The maximum atomic E-state index is 12.5. The Balaban J connectivity index is 2.84. The lowest BCUT2D eigenvalue weighted by Gasteiger charge is -1.91. The van der Waals surface area contributed by atoms with Gasteiger partial charge in [-0.15, -0.1) is 11.3 Å². The normalized spacial score (nSPS) is 13.0. The van der Waals surface area contributed by atoms with Gasteiger partial charge in [-0.05, 0) is 19.1 Å². The van der Waals surface area contributed by atoms with E-state index in [0.717, 1.165) is 4.88 Å². The molecule has 0 spiro atoms. The fourth-order valence-electron chi connectivity index (χ4n) is 0.669. The Morgan fingerprint density at radius 1 is 1.70 bits per heavy atom. The van der Waals surface area contributed by atoms with Crippen LogP contribution >= 0.6 is 11.3 Å². The van der Waals surface area contributed by atoms with Gasteiger partial charge >= 0.3 is 0 Å². The SMILES string of the molecule is Cc1ccc(C(F)C=O)s1. The number of carbonyl (C=O) groups is 1. The predicted octanol–water partition coefficient (Wildman–Crippen LogP) is 2.27. The number of rotatable bonds is 2. The number of alkyl halides is 1. The lowest BCUT2D eigenvalue weighted by atomic mass is 10.3. The van der Waals surface area contributed by atoms with Gasteiger partial charge in [0.25, 0.3) is 0 Å². The average Bonchev–Trinajstić information content (AvgIpc) is 2.34. The number of aldehydes is 1. The second-order valence-corrected chi connectivity index (χ2v) is 3.31. The van der Waals surface area contributed by atoms with Gasteiger partial charge in [-0.1, -0.05) is 0 Å². The summed E-state index contributed by atoms with van der Waals surface area (Å²) in [4.78, 5) is 11.5. The topological polar surface area (TPSA) is 17.1 Å². The van der Waals surface area contributed by atoms with Crippen molar-refractivity contribution in [1.82, 2.24) is 0 Å². The van der Waals surface area contributed by atoms with Gasteiger partial charge in [-0.2, -0.15) is 0 Å². The molecule has 1 heterocycles. The van der Waals surface area contributed by atoms with E-state index in [1.54, 1.807) is 12.1 Å². The minimum atomic E-state index is -1.43. The molecule has 0 N–H and O–H groups in total. The van der Waals surface area contributed by atoms with Crippen molar-refractivity contribution in [3.63, 3.8) is 0 Å². The molecule has 0 saturated heterocycles. The zero-order valence-electron chi connectivity index (χ0n) is 5.50. The molecule has 0 amide bonds. The molecular weight excluding hydrogens is 151 g/mol. The number of thiophene rings is 1. The molecule has 0 bridgehead atoms. The molecule has 0 aliphatic carbocycles. The molecule has 10 heavy (non-hydrogen) atoms. The predicted molar refractivity (Wildman–Crippen MR) is 39.0 cm³/mol. The summed E-state index contributed by atoms with van der Waals surface area (Å²) in [6.45, 7) is 1.88. The Bertz CT molecular complexity index is 231. The average molecular weight is 158 g/mol. The van der Waals surface area contributed by atoms with Gasteiger partial charge < -0.3 is 0 Å². The maximum Gasteiger partial charge on any atom is 0.189 e. The molecule has 0 radical (unpaired) electrons. The highest BCUT2D eigenvalue weighted by molar-refractivity contribution is 7.12. The van der Waals surface area contributed by atoms with Crippen molar-refractivity contribution in [3.05, 3.63) is 21.9 Å². The van der Waals surface area contributed by atoms with Crippen LogP contribution in [-0.4, -0.2) is 6.29 Å². The molecular formula is C7H7FOS. The molecule has 3 heteroatoms. The Morgan fingerprint density at radius 2 is 2.40 bits per heavy atom. The first-order valence-electron chi connectivity index (χ1n) is 2.89. The number of halogens is 1. The molecule has 0 aliphatic rings. The lowest BCUT2D eigenvalue weighted by Crippen LogP contribution is -1.86. The fraction of sp³-hybridized carbons (Fsp3) is 0.286. The molecule has 1 aromatic rings. The van der Waals surface area contributed by atoms with E-state index in [-0.39, 0.29) is 0 Å². The summed E-state index contributed by atoms with van der Waals surface area (Å²) < 4.78 is 12.5. The van der Waals surface area contributed by atoms with Crippen molar-refractivity contribution in [2.45, 2.75) is 13.1 Å². The van der Waals surface area contributed by atoms with E-state index in [0.29, 0.717) is 11.2 Å². The Morgan fingerprint density at radius 3 is 2.80 bits per heavy atom. The summed E-state index contributed by atoms with van der Waals surface area (Å²) in [7, 11) is 0. The lowest BCUT2D eigenvalue weighted by molar-refractivity contribution is -0.112. The monoisotopic (exact) mass is 158 g/mol. The minimum Gasteiger partial charge on any atom is -0.300 e. The van der Waals surface area contributed by atoms with E-state index in [9.17, 15) is 9.18 Å². The van der Waals surface area contributed by atoms with Crippen LogP contribution in [-0.2, 0) is 4.79 Å². The minimum absolute atomic E-state index is 0.311. The second kappa shape index (κ2) is 2.92. The highest BCUT2D eigenvalue weighted by Gasteiger charge is 2.08. The molecule has 1 atom stereocenters. The van der Waals surface area contributed by atoms with Crippen molar-refractivity contribution in [2.24, 2.45) is 0 Å². The van der Waals surface area contributed by atoms with Crippen molar-refractivity contribution in [1.29, 1.82) is 0 Å². The highest BCUT2D eigenvalue weighted by atomic mass is 32.1. The van der Waals surface area contributed by atoms with Crippen LogP contribution in [0.15, 0.2) is 12.1 Å². The molecule has 0 fully saturated rings. The number of aryl methyl sites for hydroxylation is 1. The van der Waals surface area contributed by atoms with Crippen molar-refractivity contribution < 1.29 is 9.18 Å². The molecule has 1 unspecified atom stereocenters. The van der Waals surface area contributed by atoms with Gasteiger partial charge in [-0.3, -0.25) is 4.79 Å². The van der Waals surface area contributed by atoms with E-state index >= 15 is 0 Å². The summed E-state index contributed by atoms with van der Waals surface area (Å²) in [6, 6.07) is 3.44. The van der Waals surface area contributed by atoms with E-state index in [1.165, 1.54) is 11.3 Å². The Kier molecular flexibility index (Phi) is 2.17. The molecule has 1 nitrogen and oxygen atoms in total. The molecule has 1 rings (SSSR count). The first-order valence-corrected chi connectivity index (χ1v) is 3.71. The smallest absolute Gasteiger partial charge is 0.189 e. The molecule has 0 saturated carbocycles. The van der Waals surface area contributed by atoms with Gasteiger partial charge in [0.1, 0.15) is 0 Å².